The molecule has 3 unspecified atom stereocenters. The molecule has 86 valence electrons. The zero-order valence-corrected chi connectivity index (χ0v) is 9.78. The van der Waals surface area contributed by atoms with Crippen molar-refractivity contribution in [3.8, 4) is 0 Å². The molecule has 3 nitrogen and oxygen atoms in total. The predicted molar refractivity (Wildman–Crippen MR) is 61.7 cm³/mol. The maximum absolute atomic E-state index is 6.07. The second-order valence-electron chi connectivity index (χ2n) is 5.90. The Balaban J connectivity index is 1.79. The van der Waals surface area contributed by atoms with Crippen LogP contribution in [0.3, 0.4) is 0 Å². The smallest absolute Gasteiger partial charge is 0.0473 e. The fourth-order valence-corrected chi connectivity index (χ4v) is 4.08. The molecule has 3 fully saturated rings. The SMILES string of the molecule is CN1CCC(CN)(N2CC3CCC2C3)C1. The molecule has 3 rings (SSSR count). The average Bonchev–Trinajstić information content (AvgIpc) is 2.91. The Hall–Kier alpha value is -0.120. The van der Waals surface area contributed by atoms with Gasteiger partial charge in [0, 0.05) is 31.2 Å². The molecule has 3 atom stereocenters. The van der Waals surface area contributed by atoms with Gasteiger partial charge in [-0.25, -0.2) is 0 Å². The van der Waals surface area contributed by atoms with Crippen LogP contribution in [-0.2, 0) is 0 Å². The standard InChI is InChI=1S/C12H23N3/c1-14-5-4-12(8-13,9-14)15-7-10-2-3-11(15)6-10/h10-11H,2-9,13H2,1H3. The van der Waals surface area contributed by atoms with Gasteiger partial charge >= 0.3 is 0 Å². The lowest BCUT2D eigenvalue weighted by Crippen LogP contribution is -2.58. The van der Waals surface area contributed by atoms with Crippen molar-refractivity contribution < 1.29 is 0 Å². The van der Waals surface area contributed by atoms with Crippen molar-refractivity contribution in [2.45, 2.75) is 37.3 Å². The molecule has 0 aromatic rings. The summed E-state index contributed by atoms with van der Waals surface area (Å²) in [6.07, 6.45) is 5.63. The van der Waals surface area contributed by atoms with Crippen LogP contribution >= 0.6 is 0 Å². The lowest BCUT2D eigenvalue weighted by atomic mass is 9.93. The van der Waals surface area contributed by atoms with Crippen molar-refractivity contribution in [2.24, 2.45) is 11.7 Å². The molecule has 3 aliphatic rings. The average molecular weight is 209 g/mol. The van der Waals surface area contributed by atoms with E-state index in [-0.39, 0.29) is 0 Å². The quantitative estimate of drug-likeness (QED) is 0.719. The minimum absolute atomic E-state index is 0.328. The Bertz CT molecular complexity index is 255. The van der Waals surface area contributed by atoms with Crippen LogP contribution in [0, 0.1) is 5.92 Å². The van der Waals surface area contributed by atoms with Gasteiger partial charge in [0.25, 0.3) is 0 Å². The number of hydrogen-bond acceptors (Lipinski definition) is 3. The Labute approximate surface area is 92.6 Å². The Kier molecular flexibility index (Phi) is 2.31. The van der Waals surface area contributed by atoms with E-state index in [1.807, 2.05) is 0 Å². The van der Waals surface area contributed by atoms with Gasteiger partial charge in [0.15, 0.2) is 0 Å². The first-order valence-electron chi connectivity index (χ1n) is 6.39. The van der Waals surface area contributed by atoms with Gasteiger partial charge in [0.05, 0.1) is 0 Å². The summed E-state index contributed by atoms with van der Waals surface area (Å²) in [5.41, 5.74) is 6.40. The second-order valence-corrected chi connectivity index (χ2v) is 5.90. The van der Waals surface area contributed by atoms with Gasteiger partial charge in [-0.3, -0.25) is 4.90 Å². The molecule has 2 bridgehead atoms. The van der Waals surface area contributed by atoms with Crippen molar-refractivity contribution in [2.75, 3.05) is 33.2 Å². The van der Waals surface area contributed by atoms with Crippen LogP contribution in [0.15, 0.2) is 0 Å². The third kappa shape index (κ3) is 1.44. The Morgan fingerprint density at radius 3 is 2.73 bits per heavy atom. The minimum atomic E-state index is 0.328. The molecule has 3 heteroatoms. The van der Waals surface area contributed by atoms with Crippen molar-refractivity contribution in [3.63, 3.8) is 0 Å². The lowest BCUT2D eigenvalue weighted by Gasteiger charge is -2.43. The first kappa shape index (κ1) is 10.1. The number of fused-ring (bicyclic) bond motifs is 2. The molecule has 1 saturated carbocycles. The van der Waals surface area contributed by atoms with Crippen LogP contribution in [0.2, 0.25) is 0 Å². The topological polar surface area (TPSA) is 32.5 Å². The first-order chi connectivity index (χ1) is 7.23. The van der Waals surface area contributed by atoms with Crippen LogP contribution in [0.1, 0.15) is 25.7 Å². The molecule has 0 amide bonds. The molecule has 2 saturated heterocycles. The van der Waals surface area contributed by atoms with Gasteiger partial charge in [-0.2, -0.15) is 0 Å². The normalized spacial score (nSPS) is 46.8. The zero-order valence-electron chi connectivity index (χ0n) is 9.78. The van der Waals surface area contributed by atoms with Crippen LogP contribution < -0.4 is 5.73 Å². The molecule has 1 aliphatic carbocycles. The van der Waals surface area contributed by atoms with Crippen LogP contribution in [-0.4, -0.2) is 54.6 Å². The fraction of sp³-hybridized carbons (Fsp3) is 1.00. The van der Waals surface area contributed by atoms with E-state index in [4.69, 9.17) is 5.73 Å². The molecule has 2 N–H and O–H groups in total. The number of hydrogen-bond donors (Lipinski definition) is 1. The summed E-state index contributed by atoms with van der Waals surface area (Å²) in [7, 11) is 2.23. The molecule has 0 aromatic carbocycles. The summed E-state index contributed by atoms with van der Waals surface area (Å²) in [5.74, 6) is 0.990. The summed E-state index contributed by atoms with van der Waals surface area (Å²) in [6.45, 7) is 4.59. The van der Waals surface area contributed by atoms with E-state index in [0.717, 1.165) is 18.5 Å². The third-order valence-electron chi connectivity index (χ3n) is 4.92. The van der Waals surface area contributed by atoms with Gasteiger partial charge in [-0.05, 0) is 45.2 Å². The number of nitrogens with two attached hydrogens (primary N) is 1. The summed E-state index contributed by atoms with van der Waals surface area (Å²) >= 11 is 0. The van der Waals surface area contributed by atoms with Gasteiger partial charge in [0.1, 0.15) is 0 Å². The predicted octanol–water partition coefficient (Wildman–Crippen LogP) is 0.504. The van der Waals surface area contributed by atoms with Crippen molar-refractivity contribution >= 4 is 0 Å². The molecule has 0 radical (unpaired) electrons. The van der Waals surface area contributed by atoms with E-state index in [0.29, 0.717) is 5.54 Å². The minimum Gasteiger partial charge on any atom is -0.329 e. The molecule has 15 heavy (non-hydrogen) atoms. The second kappa shape index (κ2) is 3.44. The van der Waals surface area contributed by atoms with Crippen LogP contribution in [0.4, 0.5) is 0 Å². The van der Waals surface area contributed by atoms with Gasteiger partial charge in [0.2, 0.25) is 0 Å². The van der Waals surface area contributed by atoms with Crippen molar-refractivity contribution in [3.05, 3.63) is 0 Å². The van der Waals surface area contributed by atoms with E-state index in [1.54, 1.807) is 0 Å². The Morgan fingerprint density at radius 1 is 1.40 bits per heavy atom. The lowest BCUT2D eigenvalue weighted by molar-refractivity contribution is 0.0681. The highest BCUT2D eigenvalue weighted by Crippen LogP contribution is 2.43. The summed E-state index contributed by atoms with van der Waals surface area (Å²) in [6, 6.07) is 0.866. The van der Waals surface area contributed by atoms with E-state index in [9.17, 15) is 0 Å². The number of likely N-dealkylation sites (tertiary alicyclic amines) is 2. The monoisotopic (exact) mass is 209 g/mol. The molecule has 2 aliphatic heterocycles. The number of nitrogens with zero attached hydrogens (tertiary/aromatic N) is 2. The molecule has 0 spiro atoms. The third-order valence-corrected chi connectivity index (χ3v) is 4.92. The summed E-state index contributed by atoms with van der Waals surface area (Å²) in [4.78, 5) is 5.21. The highest BCUT2D eigenvalue weighted by atomic mass is 15.3. The van der Waals surface area contributed by atoms with E-state index in [1.165, 1.54) is 45.3 Å². The highest BCUT2D eigenvalue weighted by Gasteiger charge is 2.49. The summed E-state index contributed by atoms with van der Waals surface area (Å²) < 4.78 is 0. The van der Waals surface area contributed by atoms with Gasteiger partial charge < -0.3 is 10.6 Å². The van der Waals surface area contributed by atoms with E-state index >= 15 is 0 Å². The first-order valence-corrected chi connectivity index (χ1v) is 6.39. The molecular weight excluding hydrogens is 186 g/mol. The van der Waals surface area contributed by atoms with Crippen molar-refractivity contribution in [1.82, 2.24) is 9.80 Å². The zero-order chi connectivity index (χ0) is 10.5. The van der Waals surface area contributed by atoms with E-state index in [2.05, 4.69) is 16.8 Å². The maximum Gasteiger partial charge on any atom is 0.0473 e. The van der Waals surface area contributed by atoms with Crippen molar-refractivity contribution in [1.29, 1.82) is 0 Å². The van der Waals surface area contributed by atoms with Crippen LogP contribution in [0.25, 0.3) is 0 Å². The molecular formula is C12H23N3. The Morgan fingerprint density at radius 2 is 2.27 bits per heavy atom. The maximum atomic E-state index is 6.07. The summed E-state index contributed by atoms with van der Waals surface area (Å²) in [5, 5.41) is 0. The van der Waals surface area contributed by atoms with E-state index < -0.39 is 0 Å². The van der Waals surface area contributed by atoms with Gasteiger partial charge in [-0.15, -0.1) is 0 Å². The number of likely N-dealkylation sites (N-methyl/N-ethyl adjacent to an activating group) is 1. The van der Waals surface area contributed by atoms with Crippen LogP contribution in [0.5, 0.6) is 0 Å². The highest BCUT2D eigenvalue weighted by molar-refractivity contribution is 5.06. The fourth-order valence-electron chi connectivity index (χ4n) is 4.08. The largest absolute Gasteiger partial charge is 0.329 e. The molecule has 0 aromatic heterocycles. The molecule has 2 heterocycles. The number of rotatable bonds is 2. The van der Waals surface area contributed by atoms with Gasteiger partial charge in [-0.1, -0.05) is 0 Å². The number of piperidine rings is 1.